The molecule has 0 heterocycles. The van der Waals surface area contributed by atoms with Gasteiger partial charge in [-0.25, -0.2) is 0 Å². The number of anilines is 1. The Kier molecular flexibility index (Phi) is 4.36. The lowest BCUT2D eigenvalue weighted by atomic mass is 9.99. The Morgan fingerprint density at radius 2 is 1.56 bits per heavy atom. The zero-order chi connectivity index (χ0) is 19.0. The summed E-state index contributed by atoms with van der Waals surface area (Å²) in [5.41, 5.74) is 3.86. The molecule has 5 nitrogen and oxygen atoms in total. The van der Waals surface area contributed by atoms with Crippen LogP contribution in [-0.2, 0) is 12.8 Å². The van der Waals surface area contributed by atoms with Crippen LogP contribution in [-0.4, -0.2) is 27.2 Å². The van der Waals surface area contributed by atoms with Gasteiger partial charge in [0.25, 0.3) is 5.91 Å². The summed E-state index contributed by atoms with van der Waals surface area (Å²) in [5, 5.41) is 5.17. The van der Waals surface area contributed by atoms with Gasteiger partial charge in [-0.1, -0.05) is 24.3 Å². The highest BCUT2D eigenvalue weighted by atomic mass is 16.5. The van der Waals surface area contributed by atoms with Crippen LogP contribution >= 0.6 is 0 Å². The van der Waals surface area contributed by atoms with E-state index in [1.807, 2.05) is 18.2 Å². The lowest BCUT2D eigenvalue weighted by Gasteiger charge is -2.15. The molecular formula is C22H21NO4. The summed E-state index contributed by atoms with van der Waals surface area (Å²) in [6.07, 6.45) is 2.06. The van der Waals surface area contributed by atoms with Crippen LogP contribution in [0.3, 0.4) is 0 Å². The van der Waals surface area contributed by atoms with Crippen LogP contribution in [0.25, 0.3) is 10.8 Å². The first kappa shape index (κ1) is 17.2. The third kappa shape index (κ3) is 2.85. The van der Waals surface area contributed by atoms with Crippen LogP contribution in [0.1, 0.15) is 21.5 Å². The topological polar surface area (TPSA) is 56.8 Å². The molecule has 0 aromatic heterocycles. The second-order valence-electron chi connectivity index (χ2n) is 6.48. The molecule has 1 aliphatic carbocycles. The third-order valence-electron chi connectivity index (χ3n) is 5.04. The molecule has 27 heavy (non-hydrogen) atoms. The first-order chi connectivity index (χ1) is 13.2. The number of aryl methyl sites for hydroxylation is 2. The number of benzene rings is 3. The van der Waals surface area contributed by atoms with Crippen LogP contribution in [0.15, 0.2) is 42.5 Å². The number of amides is 1. The van der Waals surface area contributed by atoms with Crippen LogP contribution < -0.4 is 19.5 Å². The van der Waals surface area contributed by atoms with Gasteiger partial charge in [-0.3, -0.25) is 4.79 Å². The van der Waals surface area contributed by atoms with Gasteiger partial charge >= 0.3 is 0 Å². The molecule has 0 bridgehead atoms. The molecule has 1 N–H and O–H groups in total. The molecular weight excluding hydrogens is 342 g/mol. The second-order valence-corrected chi connectivity index (χ2v) is 6.48. The fourth-order valence-corrected chi connectivity index (χ4v) is 3.80. The van der Waals surface area contributed by atoms with Gasteiger partial charge in [0.1, 0.15) is 0 Å². The van der Waals surface area contributed by atoms with E-state index in [0.717, 1.165) is 18.2 Å². The monoisotopic (exact) mass is 363 g/mol. The lowest BCUT2D eigenvalue weighted by Crippen LogP contribution is -2.13. The van der Waals surface area contributed by atoms with E-state index in [1.54, 1.807) is 33.5 Å². The van der Waals surface area contributed by atoms with Crippen molar-refractivity contribution < 1.29 is 19.0 Å². The van der Waals surface area contributed by atoms with Crippen LogP contribution in [0.5, 0.6) is 17.2 Å². The summed E-state index contributed by atoms with van der Waals surface area (Å²) in [7, 11) is 4.64. The number of carbonyl (C=O) groups is 1. The SMILES string of the molecule is COc1cc(NC(=O)c2ccc3c4c(cccc24)CC3)cc(OC)c1OC. The summed E-state index contributed by atoms with van der Waals surface area (Å²) in [4.78, 5) is 13.0. The maximum atomic E-state index is 13.0. The highest BCUT2D eigenvalue weighted by Gasteiger charge is 2.20. The number of hydrogen-bond donors (Lipinski definition) is 1. The number of nitrogens with one attached hydrogen (secondary N) is 1. The molecule has 0 saturated carbocycles. The maximum Gasteiger partial charge on any atom is 0.256 e. The van der Waals surface area contributed by atoms with Crippen molar-refractivity contribution in [3.8, 4) is 17.2 Å². The average Bonchev–Trinajstić information content (AvgIpc) is 3.12. The quantitative estimate of drug-likeness (QED) is 0.737. The van der Waals surface area contributed by atoms with Gasteiger partial charge in [0.05, 0.1) is 21.3 Å². The molecule has 0 radical (unpaired) electrons. The number of rotatable bonds is 5. The summed E-state index contributed by atoms with van der Waals surface area (Å²) in [5.74, 6) is 1.31. The van der Waals surface area contributed by atoms with Gasteiger partial charge in [-0.15, -0.1) is 0 Å². The largest absolute Gasteiger partial charge is 0.493 e. The van der Waals surface area contributed by atoms with Crippen molar-refractivity contribution in [1.82, 2.24) is 0 Å². The highest BCUT2D eigenvalue weighted by Crippen LogP contribution is 2.40. The van der Waals surface area contributed by atoms with Crippen molar-refractivity contribution in [3.05, 3.63) is 59.2 Å². The van der Waals surface area contributed by atoms with E-state index >= 15 is 0 Å². The minimum Gasteiger partial charge on any atom is -0.493 e. The highest BCUT2D eigenvalue weighted by molar-refractivity contribution is 6.14. The number of methoxy groups -OCH3 is 3. The minimum atomic E-state index is -0.167. The van der Waals surface area contributed by atoms with Crippen molar-refractivity contribution in [2.75, 3.05) is 26.6 Å². The fraction of sp³-hybridized carbons (Fsp3) is 0.227. The molecule has 0 saturated heterocycles. The molecule has 3 aromatic carbocycles. The Labute approximate surface area is 157 Å². The molecule has 1 amide bonds. The van der Waals surface area contributed by atoms with Crippen molar-refractivity contribution in [3.63, 3.8) is 0 Å². The number of hydrogen-bond acceptors (Lipinski definition) is 4. The van der Waals surface area contributed by atoms with E-state index in [1.165, 1.54) is 16.5 Å². The second kappa shape index (κ2) is 6.83. The molecule has 3 aromatic rings. The predicted octanol–water partition coefficient (Wildman–Crippen LogP) is 4.22. The molecule has 5 heteroatoms. The molecule has 0 aliphatic heterocycles. The van der Waals surface area contributed by atoms with Crippen molar-refractivity contribution in [1.29, 1.82) is 0 Å². The summed E-state index contributed by atoms with van der Waals surface area (Å²) >= 11 is 0. The van der Waals surface area contributed by atoms with Crippen molar-refractivity contribution >= 4 is 22.4 Å². The predicted molar refractivity (Wildman–Crippen MR) is 105 cm³/mol. The Morgan fingerprint density at radius 1 is 0.889 bits per heavy atom. The van der Waals surface area contributed by atoms with E-state index in [9.17, 15) is 4.79 Å². The van der Waals surface area contributed by atoms with Crippen LogP contribution in [0, 0.1) is 0 Å². The summed E-state index contributed by atoms with van der Waals surface area (Å²) in [6.45, 7) is 0. The molecule has 0 unspecified atom stereocenters. The van der Waals surface area contributed by atoms with Gasteiger partial charge < -0.3 is 19.5 Å². The first-order valence-corrected chi connectivity index (χ1v) is 8.81. The molecule has 0 fully saturated rings. The first-order valence-electron chi connectivity index (χ1n) is 8.81. The van der Waals surface area contributed by atoms with Crippen molar-refractivity contribution in [2.45, 2.75) is 12.8 Å². The lowest BCUT2D eigenvalue weighted by molar-refractivity contribution is 0.102. The Morgan fingerprint density at radius 3 is 2.19 bits per heavy atom. The average molecular weight is 363 g/mol. The van der Waals surface area contributed by atoms with Gasteiger partial charge in [-0.2, -0.15) is 0 Å². The molecule has 138 valence electrons. The zero-order valence-electron chi connectivity index (χ0n) is 15.6. The summed E-state index contributed by atoms with van der Waals surface area (Å²) in [6, 6.07) is 13.6. The van der Waals surface area contributed by atoms with Crippen LogP contribution in [0.2, 0.25) is 0 Å². The molecule has 1 aliphatic rings. The van der Waals surface area contributed by atoms with Crippen LogP contribution in [0.4, 0.5) is 5.69 Å². The van der Waals surface area contributed by atoms with Gasteiger partial charge in [0.2, 0.25) is 5.75 Å². The molecule has 0 atom stereocenters. The maximum absolute atomic E-state index is 13.0. The van der Waals surface area contributed by atoms with E-state index in [0.29, 0.717) is 28.5 Å². The van der Waals surface area contributed by atoms with Gasteiger partial charge in [0.15, 0.2) is 11.5 Å². The molecule has 4 rings (SSSR count). The number of carbonyl (C=O) groups excluding carboxylic acids is 1. The van der Waals surface area contributed by atoms with E-state index < -0.39 is 0 Å². The molecule has 0 spiro atoms. The smallest absolute Gasteiger partial charge is 0.256 e. The fourth-order valence-electron chi connectivity index (χ4n) is 3.80. The zero-order valence-corrected chi connectivity index (χ0v) is 15.6. The van der Waals surface area contributed by atoms with E-state index in [-0.39, 0.29) is 5.91 Å². The van der Waals surface area contributed by atoms with E-state index in [2.05, 4.69) is 17.4 Å². The minimum absolute atomic E-state index is 0.167. The van der Waals surface area contributed by atoms with Gasteiger partial charge in [0, 0.05) is 23.4 Å². The van der Waals surface area contributed by atoms with Crippen molar-refractivity contribution in [2.24, 2.45) is 0 Å². The van der Waals surface area contributed by atoms with Gasteiger partial charge in [-0.05, 0) is 40.8 Å². The van der Waals surface area contributed by atoms with E-state index in [4.69, 9.17) is 14.2 Å². The number of ether oxygens (including phenoxy) is 3. The Bertz CT molecular complexity index is 1010. The Balaban J connectivity index is 1.73. The standard InChI is InChI=1S/C22H21NO4/c1-25-18-11-15(12-19(26-2)21(18)27-3)23-22(24)17-10-9-14-8-7-13-5-4-6-16(17)20(13)14/h4-6,9-12H,7-8H2,1-3H3,(H,23,24). The Hall–Kier alpha value is -3.21. The summed E-state index contributed by atoms with van der Waals surface area (Å²) < 4.78 is 16.1. The normalized spacial score (nSPS) is 12.1. The third-order valence-corrected chi connectivity index (χ3v) is 5.04.